The van der Waals surface area contributed by atoms with Gasteiger partial charge in [-0.15, -0.1) is 0 Å². The lowest BCUT2D eigenvalue weighted by molar-refractivity contribution is 0.275. The van der Waals surface area contributed by atoms with Crippen molar-refractivity contribution in [1.82, 2.24) is 0 Å². The number of ether oxygens (including phenoxy) is 1. The van der Waals surface area contributed by atoms with Gasteiger partial charge >= 0.3 is 0 Å². The second-order valence-corrected chi connectivity index (χ2v) is 8.33. The molecule has 0 aromatic heterocycles. The minimum Gasteiger partial charge on any atom is -0.507 e. The Morgan fingerprint density at radius 2 is 1.79 bits per heavy atom. The van der Waals surface area contributed by atoms with Crippen molar-refractivity contribution in [3.05, 3.63) is 83.1 Å². The molecule has 0 spiro atoms. The van der Waals surface area contributed by atoms with Crippen LogP contribution in [0.5, 0.6) is 11.5 Å². The molecule has 2 aromatic rings. The summed E-state index contributed by atoms with van der Waals surface area (Å²) in [7, 11) is 0. The molecule has 0 radical (unpaired) electrons. The van der Waals surface area contributed by atoms with Crippen LogP contribution in [-0.2, 0) is 12.8 Å². The minimum atomic E-state index is 0.199. The number of aryl methyl sites for hydroxylation is 2. The Labute approximate surface area is 168 Å². The summed E-state index contributed by atoms with van der Waals surface area (Å²) in [4.78, 5) is 0. The van der Waals surface area contributed by atoms with Gasteiger partial charge in [-0.2, -0.15) is 0 Å². The van der Waals surface area contributed by atoms with Crippen molar-refractivity contribution in [2.24, 2.45) is 5.92 Å². The molecule has 0 unspecified atom stereocenters. The van der Waals surface area contributed by atoms with Crippen LogP contribution in [0.4, 0.5) is 0 Å². The van der Waals surface area contributed by atoms with Gasteiger partial charge in [0.25, 0.3) is 0 Å². The van der Waals surface area contributed by atoms with E-state index in [0.29, 0.717) is 5.75 Å². The first-order valence-corrected chi connectivity index (χ1v) is 10.6. The van der Waals surface area contributed by atoms with E-state index in [9.17, 15) is 5.11 Å². The van der Waals surface area contributed by atoms with Crippen molar-refractivity contribution in [3.63, 3.8) is 0 Å². The third-order valence-electron chi connectivity index (χ3n) is 6.19. The quantitative estimate of drug-likeness (QED) is 0.450. The molecular weight excluding hydrogens is 344 g/mol. The van der Waals surface area contributed by atoms with Crippen molar-refractivity contribution in [3.8, 4) is 11.5 Å². The van der Waals surface area contributed by atoms with Crippen molar-refractivity contribution in [2.45, 2.75) is 57.8 Å². The Balaban J connectivity index is 1.40. The molecule has 0 saturated heterocycles. The van der Waals surface area contributed by atoms with Crippen LogP contribution in [0, 0.1) is 5.92 Å². The Morgan fingerprint density at radius 1 is 1.04 bits per heavy atom. The third kappa shape index (κ3) is 4.01. The van der Waals surface area contributed by atoms with E-state index >= 15 is 0 Å². The number of aromatic hydroxyl groups is 1. The van der Waals surface area contributed by atoms with Gasteiger partial charge in [0.2, 0.25) is 0 Å². The van der Waals surface area contributed by atoms with Crippen LogP contribution >= 0.6 is 0 Å². The van der Waals surface area contributed by atoms with E-state index in [-0.39, 0.29) is 11.8 Å². The van der Waals surface area contributed by atoms with Crippen molar-refractivity contribution < 1.29 is 9.84 Å². The second-order valence-electron chi connectivity index (χ2n) is 8.33. The molecule has 28 heavy (non-hydrogen) atoms. The minimum absolute atomic E-state index is 0.199. The van der Waals surface area contributed by atoms with Gasteiger partial charge in [0, 0.05) is 17.4 Å². The largest absolute Gasteiger partial charge is 0.507 e. The summed E-state index contributed by atoms with van der Waals surface area (Å²) in [5, 5.41) is 10.8. The van der Waals surface area contributed by atoms with E-state index in [4.69, 9.17) is 4.74 Å². The van der Waals surface area contributed by atoms with E-state index in [1.165, 1.54) is 24.0 Å². The van der Waals surface area contributed by atoms with Crippen LogP contribution in [-0.4, -0.2) is 5.11 Å². The van der Waals surface area contributed by atoms with Crippen molar-refractivity contribution in [2.75, 3.05) is 0 Å². The summed E-state index contributed by atoms with van der Waals surface area (Å²) in [5.74, 6) is 2.51. The van der Waals surface area contributed by atoms with Gasteiger partial charge in [-0.1, -0.05) is 55.0 Å². The maximum atomic E-state index is 10.8. The van der Waals surface area contributed by atoms with E-state index < -0.39 is 0 Å². The molecule has 2 aromatic carbocycles. The fraction of sp³-hybridized carbons (Fsp3) is 0.385. The first-order chi connectivity index (χ1) is 13.6. The number of allylic oxidation sites excluding steroid dienone is 3. The molecule has 2 aliphatic rings. The lowest BCUT2D eigenvalue weighted by Gasteiger charge is -2.37. The Bertz CT molecular complexity index is 879. The first-order valence-electron chi connectivity index (χ1n) is 10.6. The van der Waals surface area contributed by atoms with E-state index in [2.05, 4.69) is 56.0 Å². The van der Waals surface area contributed by atoms with Gasteiger partial charge in [0.1, 0.15) is 17.3 Å². The fourth-order valence-electron chi connectivity index (χ4n) is 4.64. The molecule has 1 aliphatic carbocycles. The van der Waals surface area contributed by atoms with E-state index in [0.717, 1.165) is 54.7 Å². The average molecular weight is 375 g/mol. The van der Waals surface area contributed by atoms with Crippen molar-refractivity contribution >= 4 is 0 Å². The molecule has 1 N–H and O–H groups in total. The number of fused-ring (bicyclic) bond motifs is 3. The highest BCUT2D eigenvalue weighted by Crippen LogP contribution is 2.51. The predicted octanol–water partition coefficient (Wildman–Crippen LogP) is 6.69. The number of phenols is 1. The SMILES string of the molecule is C=C1Oc2cc(CCCCCc3ccccc3)cc(O)c2[C@@H]2C=C(C)CC[C@@H]12. The standard InChI is InChI=1S/C26H30O2/c1-18-13-14-22-19(2)28-25-17-21(16-24(27)26(25)23(22)15-18)12-8-4-7-11-20-9-5-3-6-10-20/h3,5-6,9-10,15-17,22-23,27H,2,4,7-8,11-14H2,1H3/t22-,23+/m0/s1. The van der Waals surface area contributed by atoms with Crippen LogP contribution < -0.4 is 4.74 Å². The highest BCUT2D eigenvalue weighted by Gasteiger charge is 2.36. The van der Waals surface area contributed by atoms with E-state index in [1.54, 1.807) is 0 Å². The molecule has 4 rings (SSSR count). The molecule has 146 valence electrons. The van der Waals surface area contributed by atoms with E-state index in [1.807, 2.05) is 6.07 Å². The monoisotopic (exact) mass is 374 g/mol. The Hall–Kier alpha value is -2.48. The summed E-state index contributed by atoms with van der Waals surface area (Å²) in [6, 6.07) is 14.7. The molecule has 0 bridgehead atoms. The average Bonchev–Trinajstić information content (AvgIpc) is 2.68. The maximum absolute atomic E-state index is 10.8. The number of unbranched alkanes of at least 4 members (excludes halogenated alkanes) is 2. The van der Waals surface area contributed by atoms with Gasteiger partial charge in [0.15, 0.2) is 0 Å². The van der Waals surface area contributed by atoms with Crippen LogP contribution in [0.2, 0.25) is 0 Å². The molecular formula is C26H30O2. The van der Waals surface area contributed by atoms with Crippen LogP contribution in [0.1, 0.15) is 61.6 Å². The third-order valence-corrected chi connectivity index (χ3v) is 6.19. The second kappa shape index (κ2) is 8.26. The zero-order chi connectivity index (χ0) is 19.5. The Kier molecular flexibility index (Phi) is 5.57. The molecule has 0 fully saturated rings. The summed E-state index contributed by atoms with van der Waals surface area (Å²) in [5.41, 5.74) is 4.90. The van der Waals surface area contributed by atoms with Gasteiger partial charge in [-0.25, -0.2) is 0 Å². The molecule has 0 amide bonds. The topological polar surface area (TPSA) is 29.5 Å². The zero-order valence-corrected chi connectivity index (χ0v) is 16.8. The lowest BCUT2D eigenvalue weighted by Crippen LogP contribution is -2.25. The summed E-state index contributed by atoms with van der Waals surface area (Å²) < 4.78 is 6.06. The molecule has 0 saturated carbocycles. The van der Waals surface area contributed by atoms with Crippen molar-refractivity contribution in [1.29, 1.82) is 0 Å². The molecule has 1 aliphatic heterocycles. The number of hydrogen-bond acceptors (Lipinski definition) is 2. The predicted molar refractivity (Wildman–Crippen MR) is 115 cm³/mol. The number of phenolic OH excluding ortho intramolecular Hbond substituents is 1. The normalized spacial score (nSPS) is 20.8. The zero-order valence-electron chi connectivity index (χ0n) is 16.8. The smallest absolute Gasteiger partial charge is 0.134 e. The lowest BCUT2D eigenvalue weighted by atomic mass is 9.74. The number of rotatable bonds is 6. The van der Waals surface area contributed by atoms with Crippen LogP contribution in [0.3, 0.4) is 0 Å². The van der Waals surface area contributed by atoms with Gasteiger partial charge in [-0.05, 0) is 68.7 Å². The molecule has 2 heteroatoms. The number of hydrogen-bond donors (Lipinski definition) is 1. The first kappa shape index (κ1) is 18.9. The van der Waals surface area contributed by atoms with Gasteiger partial charge in [0.05, 0.1) is 0 Å². The molecule has 2 atom stereocenters. The van der Waals surface area contributed by atoms with Gasteiger partial charge in [-0.3, -0.25) is 0 Å². The summed E-state index contributed by atoms with van der Waals surface area (Å²) >= 11 is 0. The number of benzene rings is 2. The highest BCUT2D eigenvalue weighted by molar-refractivity contribution is 5.54. The Morgan fingerprint density at radius 3 is 2.57 bits per heavy atom. The highest BCUT2D eigenvalue weighted by atomic mass is 16.5. The van der Waals surface area contributed by atoms with Crippen LogP contribution in [0.25, 0.3) is 0 Å². The summed E-state index contributed by atoms with van der Waals surface area (Å²) in [6.07, 6.45) is 10.0. The fourth-order valence-corrected chi connectivity index (χ4v) is 4.64. The maximum Gasteiger partial charge on any atom is 0.134 e. The summed E-state index contributed by atoms with van der Waals surface area (Å²) in [6.45, 7) is 6.34. The van der Waals surface area contributed by atoms with Crippen LogP contribution in [0.15, 0.2) is 66.5 Å². The van der Waals surface area contributed by atoms with Gasteiger partial charge < -0.3 is 9.84 Å². The molecule has 2 nitrogen and oxygen atoms in total. The molecule has 1 heterocycles.